The van der Waals surface area contributed by atoms with Crippen LogP contribution in [0.5, 0.6) is 0 Å². The standard InChI is InChI=1S/C7H11N3O2/c8-3-1-2-5-4-9-7(12)10-6(5)11/h4H,1-3,8H2,(H2,9,10,11,12). The molecule has 4 N–H and O–H groups in total. The Morgan fingerprint density at radius 2 is 2.17 bits per heavy atom. The van der Waals surface area contributed by atoms with E-state index in [0.29, 0.717) is 18.5 Å². The van der Waals surface area contributed by atoms with Crippen molar-refractivity contribution < 1.29 is 0 Å². The van der Waals surface area contributed by atoms with Gasteiger partial charge in [0.2, 0.25) is 0 Å². The van der Waals surface area contributed by atoms with Crippen LogP contribution >= 0.6 is 0 Å². The molecule has 0 aromatic carbocycles. The van der Waals surface area contributed by atoms with E-state index in [-0.39, 0.29) is 5.56 Å². The Bertz CT molecular complexity index is 352. The zero-order valence-electron chi connectivity index (χ0n) is 6.59. The van der Waals surface area contributed by atoms with E-state index in [4.69, 9.17) is 5.73 Å². The highest BCUT2D eigenvalue weighted by Crippen LogP contribution is 1.89. The first-order valence-corrected chi connectivity index (χ1v) is 3.75. The van der Waals surface area contributed by atoms with E-state index >= 15 is 0 Å². The molecule has 0 fully saturated rings. The van der Waals surface area contributed by atoms with Crippen LogP contribution in [0.15, 0.2) is 15.8 Å². The van der Waals surface area contributed by atoms with Gasteiger partial charge >= 0.3 is 5.69 Å². The number of hydrogen-bond acceptors (Lipinski definition) is 3. The molecule has 0 amide bonds. The highest BCUT2D eigenvalue weighted by Gasteiger charge is 1.97. The Kier molecular flexibility index (Phi) is 2.82. The molecule has 1 heterocycles. The molecule has 5 heteroatoms. The predicted molar refractivity (Wildman–Crippen MR) is 45.1 cm³/mol. The van der Waals surface area contributed by atoms with Crippen molar-refractivity contribution in [2.45, 2.75) is 12.8 Å². The van der Waals surface area contributed by atoms with Gasteiger partial charge in [-0.3, -0.25) is 9.78 Å². The summed E-state index contributed by atoms with van der Waals surface area (Å²) < 4.78 is 0. The lowest BCUT2D eigenvalue weighted by molar-refractivity contribution is 0.810. The topological polar surface area (TPSA) is 91.7 Å². The summed E-state index contributed by atoms with van der Waals surface area (Å²) in [7, 11) is 0. The zero-order chi connectivity index (χ0) is 8.97. The smallest absolute Gasteiger partial charge is 0.325 e. The van der Waals surface area contributed by atoms with Gasteiger partial charge in [-0.2, -0.15) is 0 Å². The lowest BCUT2D eigenvalue weighted by atomic mass is 10.2. The van der Waals surface area contributed by atoms with Gasteiger partial charge in [0.15, 0.2) is 0 Å². The van der Waals surface area contributed by atoms with Gasteiger partial charge in [-0.15, -0.1) is 0 Å². The molecule has 0 saturated heterocycles. The predicted octanol–water partition coefficient (Wildman–Crippen LogP) is -1.05. The first-order chi connectivity index (χ1) is 5.74. The van der Waals surface area contributed by atoms with E-state index in [9.17, 15) is 9.59 Å². The molecule has 0 aliphatic carbocycles. The number of nitrogens with two attached hydrogens (primary N) is 1. The Morgan fingerprint density at radius 1 is 1.42 bits per heavy atom. The van der Waals surface area contributed by atoms with Crippen LogP contribution in [0, 0.1) is 0 Å². The number of aromatic nitrogens is 2. The maximum absolute atomic E-state index is 11.0. The molecule has 12 heavy (non-hydrogen) atoms. The van der Waals surface area contributed by atoms with Gasteiger partial charge in [0.1, 0.15) is 0 Å². The number of nitrogens with one attached hydrogen (secondary N) is 2. The van der Waals surface area contributed by atoms with E-state index < -0.39 is 5.69 Å². The number of aromatic amines is 2. The van der Waals surface area contributed by atoms with Crippen LogP contribution < -0.4 is 17.0 Å². The second-order valence-corrected chi connectivity index (χ2v) is 2.49. The summed E-state index contributed by atoms with van der Waals surface area (Å²) in [5.41, 5.74) is 5.04. The number of rotatable bonds is 3. The molecular formula is C7H11N3O2. The molecule has 0 unspecified atom stereocenters. The van der Waals surface area contributed by atoms with Crippen molar-refractivity contribution >= 4 is 0 Å². The molecule has 0 saturated carbocycles. The third kappa shape index (κ3) is 2.06. The third-order valence-electron chi connectivity index (χ3n) is 1.55. The molecule has 1 aromatic rings. The maximum Gasteiger partial charge on any atom is 0.325 e. The minimum atomic E-state index is -0.475. The van der Waals surface area contributed by atoms with E-state index in [2.05, 4.69) is 9.97 Å². The molecule has 0 atom stereocenters. The summed E-state index contributed by atoms with van der Waals surface area (Å²) in [6.45, 7) is 0.540. The van der Waals surface area contributed by atoms with Crippen LogP contribution in [0.3, 0.4) is 0 Å². The first kappa shape index (κ1) is 8.73. The van der Waals surface area contributed by atoms with Crippen LogP contribution in [0.4, 0.5) is 0 Å². The molecule has 0 radical (unpaired) electrons. The van der Waals surface area contributed by atoms with Gasteiger partial charge in [-0.25, -0.2) is 4.79 Å². The van der Waals surface area contributed by atoms with Crippen LogP contribution in [-0.2, 0) is 6.42 Å². The Balaban J connectivity index is 2.87. The zero-order valence-corrected chi connectivity index (χ0v) is 6.59. The molecule has 0 bridgehead atoms. The third-order valence-corrected chi connectivity index (χ3v) is 1.55. The highest BCUT2D eigenvalue weighted by molar-refractivity contribution is 5.02. The van der Waals surface area contributed by atoms with Crippen molar-refractivity contribution in [2.24, 2.45) is 5.73 Å². The molecule has 0 aliphatic heterocycles. The summed E-state index contributed by atoms with van der Waals surface area (Å²) in [5, 5.41) is 0. The maximum atomic E-state index is 11.0. The minimum Gasteiger partial charge on any atom is -0.330 e. The highest BCUT2D eigenvalue weighted by atomic mass is 16.2. The number of hydrogen-bond donors (Lipinski definition) is 3. The van der Waals surface area contributed by atoms with Crippen molar-refractivity contribution in [3.63, 3.8) is 0 Å². The first-order valence-electron chi connectivity index (χ1n) is 3.75. The molecule has 0 spiro atoms. The van der Waals surface area contributed by atoms with E-state index in [0.717, 1.165) is 6.42 Å². The van der Waals surface area contributed by atoms with Gasteiger partial charge in [-0.05, 0) is 19.4 Å². The summed E-state index contributed by atoms with van der Waals surface area (Å²) in [6, 6.07) is 0. The van der Waals surface area contributed by atoms with Gasteiger partial charge in [0.25, 0.3) is 5.56 Å². The van der Waals surface area contributed by atoms with Crippen molar-refractivity contribution in [1.82, 2.24) is 9.97 Å². The van der Waals surface area contributed by atoms with Crippen LogP contribution in [0.2, 0.25) is 0 Å². The second kappa shape index (κ2) is 3.87. The molecule has 1 rings (SSSR count). The van der Waals surface area contributed by atoms with Gasteiger partial charge < -0.3 is 10.7 Å². The monoisotopic (exact) mass is 169 g/mol. The Hall–Kier alpha value is -1.36. The Morgan fingerprint density at radius 3 is 2.75 bits per heavy atom. The van der Waals surface area contributed by atoms with Gasteiger partial charge in [0.05, 0.1) is 0 Å². The summed E-state index contributed by atoms with van der Waals surface area (Å²) >= 11 is 0. The largest absolute Gasteiger partial charge is 0.330 e. The molecule has 0 aliphatic rings. The fraction of sp³-hybridized carbons (Fsp3) is 0.429. The molecule has 5 nitrogen and oxygen atoms in total. The number of aryl methyl sites for hydroxylation is 1. The summed E-state index contributed by atoms with van der Waals surface area (Å²) in [6.07, 6.45) is 2.77. The van der Waals surface area contributed by atoms with Gasteiger partial charge in [0, 0.05) is 11.8 Å². The summed E-state index contributed by atoms with van der Waals surface area (Å²) in [4.78, 5) is 26.1. The number of H-pyrrole nitrogens is 2. The van der Waals surface area contributed by atoms with Crippen molar-refractivity contribution in [1.29, 1.82) is 0 Å². The van der Waals surface area contributed by atoms with Crippen molar-refractivity contribution in [3.05, 3.63) is 32.6 Å². The normalized spacial score (nSPS) is 10.1. The molecule has 66 valence electrons. The van der Waals surface area contributed by atoms with E-state index in [1.165, 1.54) is 6.20 Å². The van der Waals surface area contributed by atoms with E-state index in [1.807, 2.05) is 0 Å². The lowest BCUT2D eigenvalue weighted by Gasteiger charge is -1.95. The lowest BCUT2D eigenvalue weighted by Crippen LogP contribution is -2.24. The second-order valence-electron chi connectivity index (χ2n) is 2.49. The van der Waals surface area contributed by atoms with E-state index in [1.54, 1.807) is 0 Å². The average molecular weight is 169 g/mol. The molecule has 1 aromatic heterocycles. The fourth-order valence-electron chi connectivity index (χ4n) is 0.916. The minimum absolute atomic E-state index is 0.327. The average Bonchev–Trinajstić information content (AvgIpc) is 2.03. The quantitative estimate of drug-likeness (QED) is 0.539. The SMILES string of the molecule is NCCCc1c[nH]c(=O)[nH]c1=O. The van der Waals surface area contributed by atoms with Crippen LogP contribution in [0.25, 0.3) is 0 Å². The van der Waals surface area contributed by atoms with Crippen LogP contribution in [0.1, 0.15) is 12.0 Å². The Labute approximate surface area is 68.6 Å². The van der Waals surface area contributed by atoms with Gasteiger partial charge in [-0.1, -0.05) is 0 Å². The molecular weight excluding hydrogens is 158 g/mol. The van der Waals surface area contributed by atoms with Crippen molar-refractivity contribution in [2.75, 3.05) is 6.54 Å². The fourth-order valence-corrected chi connectivity index (χ4v) is 0.916. The van der Waals surface area contributed by atoms with Crippen molar-refractivity contribution in [3.8, 4) is 0 Å². The summed E-state index contributed by atoms with van der Waals surface area (Å²) in [5.74, 6) is 0. The van der Waals surface area contributed by atoms with Crippen LogP contribution in [-0.4, -0.2) is 16.5 Å².